The van der Waals surface area contributed by atoms with Crippen molar-refractivity contribution < 1.29 is 30.3 Å². The number of hydrogen-bond acceptors (Lipinski definition) is 6. The van der Waals surface area contributed by atoms with E-state index < -0.39 is 43.7 Å². The summed E-state index contributed by atoms with van der Waals surface area (Å²) in [5.74, 6) is 0. The molecule has 0 amide bonds. The summed E-state index contributed by atoms with van der Waals surface area (Å²) in [6.07, 6.45) is -5.03. The highest BCUT2D eigenvalue weighted by molar-refractivity contribution is 4.76. The van der Waals surface area contributed by atoms with Crippen LogP contribution >= 0.6 is 0 Å². The summed E-state index contributed by atoms with van der Waals surface area (Å²) in [7, 11) is 0. The van der Waals surface area contributed by atoms with Crippen LogP contribution in [0.25, 0.3) is 0 Å². The lowest BCUT2D eigenvalue weighted by Crippen LogP contribution is -2.45. The van der Waals surface area contributed by atoms with E-state index in [1.807, 2.05) is 0 Å². The quantitative estimate of drug-likeness (QED) is 0.337. The Morgan fingerprint density at radius 3 is 1.73 bits per heavy atom. The van der Waals surface area contributed by atoms with Gasteiger partial charge in [0.25, 0.3) is 0 Å². The predicted octanol–water partition coefficient (Wildman–Crippen LogP) is -2.15. The minimum atomic E-state index is -1.22. The van der Waals surface area contributed by atoms with Gasteiger partial charge in [-0.3, -0.25) is 0 Å². The lowest BCUT2D eigenvalue weighted by atomic mass is 10.1. The molecule has 0 aromatic carbocycles. The molecule has 0 aromatic rings. The Hall–Kier alpha value is -0.240. The Morgan fingerprint density at radius 1 is 0.933 bits per heavy atom. The molecule has 2 unspecified atom stereocenters. The molecule has 0 spiro atoms. The van der Waals surface area contributed by atoms with Crippen molar-refractivity contribution >= 4 is 0 Å². The molecule has 0 bridgehead atoms. The summed E-state index contributed by atoms with van der Waals surface area (Å²) in [5, 5.41) is 45.2. The zero-order valence-electron chi connectivity index (χ0n) is 8.95. The molecule has 0 heterocycles. The average Bonchev–Trinajstić information content (AvgIpc) is 2.22. The first-order valence-corrected chi connectivity index (χ1v) is 4.85. The number of ether oxygens (including phenoxy) is 1. The monoisotopic (exact) mass is 224 g/mol. The molecule has 0 saturated carbocycles. The Morgan fingerprint density at radius 2 is 1.40 bits per heavy atom. The van der Waals surface area contributed by atoms with Crippen LogP contribution in [-0.4, -0.2) is 69.3 Å². The van der Waals surface area contributed by atoms with Gasteiger partial charge in [-0.15, -0.1) is 0 Å². The third-order valence-corrected chi connectivity index (χ3v) is 2.14. The Balaban J connectivity index is 4.28. The minimum Gasteiger partial charge on any atom is -0.394 e. The Kier molecular flexibility index (Phi) is 6.99. The molecular weight excluding hydrogens is 204 g/mol. The van der Waals surface area contributed by atoms with E-state index in [2.05, 4.69) is 0 Å². The van der Waals surface area contributed by atoms with E-state index >= 15 is 0 Å². The highest BCUT2D eigenvalue weighted by Gasteiger charge is 2.28. The van der Waals surface area contributed by atoms with Crippen LogP contribution in [0.2, 0.25) is 0 Å². The molecule has 0 aliphatic carbocycles. The van der Waals surface area contributed by atoms with Crippen LogP contribution in [-0.2, 0) is 4.74 Å². The second kappa shape index (κ2) is 7.10. The fourth-order valence-electron chi connectivity index (χ4n) is 1.12. The molecule has 0 aliphatic heterocycles. The molecule has 0 saturated heterocycles. The van der Waals surface area contributed by atoms with E-state index in [0.717, 1.165) is 0 Å². The lowest BCUT2D eigenvalue weighted by Gasteiger charge is -2.29. The molecule has 0 fully saturated rings. The number of aliphatic hydroxyl groups is 5. The van der Waals surface area contributed by atoms with Crippen molar-refractivity contribution in [2.75, 3.05) is 13.2 Å². The van der Waals surface area contributed by atoms with Crippen LogP contribution in [0, 0.1) is 0 Å². The summed E-state index contributed by atoms with van der Waals surface area (Å²) < 4.78 is 5.15. The molecule has 5 N–H and O–H groups in total. The van der Waals surface area contributed by atoms with Crippen LogP contribution in [0.4, 0.5) is 0 Å². The van der Waals surface area contributed by atoms with Gasteiger partial charge in [0.15, 0.2) is 0 Å². The van der Waals surface area contributed by atoms with Gasteiger partial charge in [-0.05, 0) is 13.8 Å². The van der Waals surface area contributed by atoms with Crippen molar-refractivity contribution in [3.63, 3.8) is 0 Å². The van der Waals surface area contributed by atoms with Crippen molar-refractivity contribution in [2.45, 2.75) is 44.4 Å². The molecule has 6 nitrogen and oxygen atoms in total. The van der Waals surface area contributed by atoms with Crippen molar-refractivity contribution in [3.8, 4) is 0 Å². The SMILES string of the molecule is CC(OC([C@H](C)O)[C@H](O)CO)[C@H](O)CO. The molecule has 0 rings (SSSR count). The predicted molar refractivity (Wildman–Crippen MR) is 52.2 cm³/mol. The van der Waals surface area contributed by atoms with E-state index in [-0.39, 0.29) is 0 Å². The summed E-state index contributed by atoms with van der Waals surface area (Å²) in [6.45, 7) is 1.89. The van der Waals surface area contributed by atoms with E-state index in [1.165, 1.54) is 13.8 Å². The molecule has 0 aromatic heterocycles. The van der Waals surface area contributed by atoms with Crippen LogP contribution in [0.1, 0.15) is 13.8 Å². The van der Waals surface area contributed by atoms with Gasteiger partial charge in [-0.1, -0.05) is 0 Å². The molecular formula is C9H20O6. The van der Waals surface area contributed by atoms with Crippen LogP contribution in [0.5, 0.6) is 0 Å². The maximum absolute atomic E-state index is 9.31. The smallest absolute Gasteiger partial charge is 0.112 e. The minimum absolute atomic E-state index is 0.469. The van der Waals surface area contributed by atoms with Crippen molar-refractivity contribution in [3.05, 3.63) is 0 Å². The van der Waals surface area contributed by atoms with E-state index in [9.17, 15) is 15.3 Å². The summed E-state index contributed by atoms with van der Waals surface area (Å²) in [4.78, 5) is 0. The van der Waals surface area contributed by atoms with E-state index in [1.54, 1.807) is 0 Å². The highest BCUT2D eigenvalue weighted by atomic mass is 16.5. The Labute approximate surface area is 88.7 Å². The zero-order valence-corrected chi connectivity index (χ0v) is 8.95. The summed E-state index contributed by atoms with van der Waals surface area (Å²) >= 11 is 0. The van der Waals surface area contributed by atoms with Gasteiger partial charge in [0.05, 0.1) is 25.4 Å². The topological polar surface area (TPSA) is 110 Å². The zero-order chi connectivity index (χ0) is 12.0. The first-order valence-electron chi connectivity index (χ1n) is 4.85. The van der Waals surface area contributed by atoms with Crippen LogP contribution in [0.15, 0.2) is 0 Å². The van der Waals surface area contributed by atoms with Gasteiger partial charge in [0, 0.05) is 0 Å². The Bertz CT molecular complexity index is 163. The molecule has 0 aliphatic rings. The second-order valence-electron chi connectivity index (χ2n) is 3.55. The number of hydrogen-bond donors (Lipinski definition) is 5. The second-order valence-corrected chi connectivity index (χ2v) is 3.55. The van der Waals surface area contributed by atoms with E-state index in [0.29, 0.717) is 0 Å². The summed E-state index contributed by atoms with van der Waals surface area (Å²) in [6, 6.07) is 0. The van der Waals surface area contributed by atoms with Gasteiger partial charge in [-0.25, -0.2) is 0 Å². The maximum atomic E-state index is 9.31. The molecule has 92 valence electrons. The van der Waals surface area contributed by atoms with Gasteiger partial charge < -0.3 is 30.3 Å². The third kappa shape index (κ3) is 4.87. The lowest BCUT2D eigenvalue weighted by molar-refractivity contribution is -0.157. The first kappa shape index (κ1) is 14.8. The highest BCUT2D eigenvalue weighted by Crippen LogP contribution is 2.10. The van der Waals surface area contributed by atoms with Gasteiger partial charge in [0.1, 0.15) is 18.3 Å². The number of aliphatic hydroxyl groups excluding tert-OH is 5. The van der Waals surface area contributed by atoms with E-state index in [4.69, 9.17) is 14.9 Å². The normalized spacial score (nSPS) is 21.8. The van der Waals surface area contributed by atoms with Crippen LogP contribution in [0.3, 0.4) is 0 Å². The van der Waals surface area contributed by atoms with Crippen molar-refractivity contribution in [2.24, 2.45) is 0 Å². The standard InChI is InChI=1S/C9H20O6/c1-5(12)9(8(14)4-11)15-6(2)7(13)3-10/h5-14H,3-4H2,1-2H3/t5-,6?,7+,8+,9?/m0/s1. The fraction of sp³-hybridized carbons (Fsp3) is 1.00. The summed E-state index contributed by atoms with van der Waals surface area (Å²) in [5.41, 5.74) is 0. The largest absolute Gasteiger partial charge is 0.394 e. The molecule has 5 atom stereocenters. The molecule has 0 radical (unpaired) electrons. The van der Waals surface area contributed by atoms with Crippen molar-refractivity contribution in [1.29, 1.82) is 0 Å². The van der Waals surface area contributed by atoms with Gasteiger partial charge >= 0.3 is 0 Å². The maximum Gasteiger partial charge on any atom is 0.112 e. The van der Waals surface area contributed by atoms with Crippen LogP contribution < -0.4 is 0 Å². The number of rotatable bonds is 7. The third-order valence-electron chi connectivity index (χ3n) is 2.14. The fourth-order valence-corrected chi connectivity index (χ4v) is 1.12. The molecule has 6 heteroatoms. The average molecular weight is 224 g/mol. The van der Waals surface area contributed by atoms with Gasteiger partial charge in [0.2, 0.25) is 0 Å². The van der Waals surface area contributed by atoms with Crippen molar-refractivity contribution in [1.82, 2.24) is 0 Å². The molecule has 15 heavy (non-hydrogen) atoms. The van der Waals surface area contributed by atoms with Gasteiger partial charge in [-0.2, -0.15) is 0 Å². The first-order chi connectivity index (χ1) is 6.93.